The lowest BCUT2D eigenvalue weighted by Crippen LogP contribution is -2.63. The Hall–Kier alpha value is -1.43. The van der Waals surface area contributed by atoms with Crippen molar-refractivity contribution in [2.75, 3.05) is 0 Å². The summed E-state index contributed by atoms with van der Waals surface area (Å²) in [5.74, 6) is -0.0273. The molecule has 1 aromatic rings. The van der Waals surface area contributed by atoms with Crippen LogP contribution in [0.3, 0.4) is 0 Å². The van der Waals surface area contributed by atoms with E-state index in [9.17, 15) is 9.59 Å². The minimum Gasteiger partial charge on any atom is -0.342 e. The molecule has 0 bridgehead atoms. The quantitative estimate of drug-likeness (QED) is 0.889. The normalized spacial score (nSPS) is 24.6. The van der Waals surface area contributed by atoms with Crippen LogP contribution in [0, 0.1) is 5.92 Å². The molecule has 1 aromatic heterocycles. The molecule has 5 nitrogen and oxygen atoms in total. The standard InChI is InChI=1S/C12H17N3O2S/c1-7(2)10-12(17)15(8(3)11(16)14-10)4-9-5-18-6-13-9/h5-8,10H,4H2,1-3H3,(H,14,16). The second-order valence-corrected chi connectivity index (χ2v) is 5.57. The first-order chi connectivity index (χ1) is 8.50. The largest absolute Gasteiger partial charge is 0.342 e. The van der Waals surface area contributed by atoms with E-state index in [-0.39, 0.29) is 17.7 Å². The second-order valence-electron chi connectivity index (χ2n) is 4.85. The highest BCUT2D eigenvalue weighted by molar-refractivity contribution is 7.07. The van der Waals surface area contributed by atoms with Crippen LogP contribution in [0.25, 0.3) is 0 Å². The van der Waals surface area contributed by atoms with Crippen molar-refractivity contribution in [2.24, 2.45) is 5.92 Å². The van der Waals surface area contributed by atoms with Gasteiger partial charge in [0.05, 0.1) is 17.7 Å². The number of hydrogen-bond donors (Lipinski definition) is 1. The zero-order valence-electron chi connectivity index (χ0n) is 10.7. The molecular weight excluding hydrogens is 250 g/mol. The van der Waals surface area contributed by atoms with Gasteiger partial charge in [0.15, 0.2) is 0 Å². The zero-order chi connectivity index (χ0) is 13.3. The fourth-order valence-corrected chi connectivity index (χ4v) is 2.55. The maximum absolute atomic E-state index is 12.3. The molecule has 1 fully saturated rings. The summed E-state index contributed by atoms with van der Waals surface area (Å²) in [7, 11) is 0. The minimum atomic E-state index is -0.436. The molecule has 18 heavy (non-hydrogen) atoms. The summed E-state index contributed by atoms with van der Waals surface area (Å²) < 4.78 is 0. The molecule has 6 heteroatoms. The molecule has 2 unspecified atom stereocenters. The van der Waals surface area contributed by atoms with Crippen LogP contribution in [0.15, 0.2) is 10.9 Å². The van der Waals surface area contributed by atoms with Gasteiger partial charge in [-0.25, -0.2) is 4.98 Å². The molecule has 1 N–H and O–H groups in total. The Morgan fingerprint density at radius 1 is 1.50 bits per heavy atom. The van der Waals surface area contributed by atoms with Crippen molar-refractivity contribution >= 4 is 23.2 Å². The van der Waals surface area contributed by atoms with Crippen molar-refractivity contribution in [3.63, 3.8) is 0 Å². The molecule has 2 heterocycles. The average Bonchev–Trinajstić information content (AvgIpc) is 2.81. The average molecular weight is 267 g/mol. The van der Waals surface area contributed by atoms with Gasteiger partial charge in [-0.3, -0.25) is 9.59 Å². The number of rotatable bonds is 3. The number of hydrogen-bond acceptors (Lipinski definition) is 4. The Bertz CT molecular complexity index is 444. The summed E-state index contributed by atoms with van der Waals surface area (Å²) in [4.78, 5) is 30.0. The molecule has 1 saturated heterocycles. The molecule has 0 aliphatic carbocycles. The summed E-state index contributed by atoms with van der Waals surface area (Å²) in [5, 5.41) is 4.68. The summed E-state index contributed by atoms with van der Waals surface area (Å²) in [6.45, 7) is 6.01. The lowest BCUT2D eigenvalue weighted by atomic mass is 9.98. The number of amides is 2. The van der Waals surface area contributed by atoms with E-state index in [1.165, 1.54) is 11.3 Å². The van der Waals surface area contributed by atoms with Crippen LogP contribution in [0.2, 0.25) is 0 Å². The van der Waals surface area contributed by atoms with E-state index >= 15 is 0 Å². The monoisotopic (exact) mass is 267 g/mol. The van der Waals surface area contributed by atoms with Crippen molar-refractivity contribution in [3.8, 4) is 0 Å². The molecule has 0 spiro atoms. The SMILES string of the molecule is CC(C)C1NC(=O)C(C)N(Cc2cscn2)C1=O. The number of nitrogens with zero attached hydrogens (tertiary/aromatic N) is 2. The molecule has 2 amide bonds. The van der Waals surface area contributed by atoms with Crippen LogP contribution in [0.1, 0.15) is 26.5 Å². The van der Waals surface area contributed by atoms with E-state index in [0.29, 0.717) is 6.54 Å². The highest BCUT2D eigenvalue weighted by Crippen LogP contribution is 2.18. The summed E-state index contributed by atoms with van der Waals surface area (Å²) in [5.41, 5.74) is 2.56. The molecule has 2 rings (SSSR count). The molecule has 1 aliphatic heterocycles. The summed E-state index contributed by atoms with van der Waals surface area (Å²) in [6, 6.07) is -0.860. The summed E-state index contributed by atoms with van der Waals surface area (Å²) >= 11 is 1.49. The Morgan fingerprint density at radius 2 is 2.22 bits per heavy atom. The van der Waals surface area contributed by atoms with Crippen molar-refractivity contribution in [2.45, 2.75) is 39.4 Å². The molecule has 0 saturated carbocycles. The molecule has 98 valence electrons. The fourth-order valence-electron chi connectivity index (χ4n) is 2.00. The smallest absolute Gasteiger partial charge is 0.246 e. The highest BCUT2D eigenvalue weighted by atomic mass is 32.1. The van der Waals surface area contributed by atoms with E-state index in [1.807, 2.05) is 19.2 Å². The Morgan fingerprint density at radius 3 is 2.78 bits per heavy atom. The van der Waals surface area contributed by atoms with Crippen LogP contribution in [0.5, 0.6) is 0 Å². The fraction of sp³-hybridized carbons (Fsp3) is 0.583. The third-order valence-electron chi connectivity index (χ3n) is 3.18. The van der Waals surface area contributed by atoms with Gasteiger partial charge in [-0.2, -0.15) is 0 Å². The molecular formula is C12H17N3O2S. The first-order valence-electron chi connectivity index (χ1n) is 5.98. The van der Waals surface area contributed by atoms with Gasteiger partial charge in [0, 0.05) is 5.38 Å². The predicted molar refractivity (Wildman–Crippen MR) is 68.9 cm³/mol. The second kappa shape index (κ2) is 5.06. The van der Waals surface area contributed by atoms with Crippen LogP contribution >= 0.6 is 11.3 Å². The van der Waals surface area contributed by atoms with Crippen LogP contribution in [0.4, 0.5) is 0 Å². The lowest BCUT2D eigenvalue weighted by Gasteiger charge is -2.38. The Labute approximate surface area is 110 Å². The topological polar surface area (TPSA) is 62.3 Å². The maximum atomic E-state index is 12.3. The minimum absolute atomic E-state index is 0.0231. The lowest BCUT2D eigenvalue weighted by molar-refractivity contribution is -0.150. The first kappa shape index (κ1) is 13.0. The van der Waals surface area contributed by atoms with Crippen molar-refractivity contribution in [1.82, 2.24) is 15.2 Å². The van der Waals surface area contributed by atoms with Crippen LogP contribution in [-0.2, 0) is 16.1 Å². The van der Waals surface area contributed by atoms with Gasteiger partial charge in [-0.1, -0.05) is 13.8 Å². The maximum Gasteiger partial charge on any atom is 0.246 e. The van der Waals surface area contributed by atoms with Gasteiger partial charge in [0.25, 0.3) is 0 Å². The van der Waals surface area contributed by atoms with Crippen molar-refractivity contribution in [1.29, 1.82) is 0 Å². The number of carbonyl (C=O) groups is 2. The van der Waals surface area contributed by atoms with Gasteiger partial charge in [0.2, 0.25) is 11.8 Å². The van der Waals surface area contributed by atoms with Crippen LogP contribution < -0.4 is 5.32 Å². The van der Waals surface area contributed by atoms with Gasteiger partial charge < -0.3 is 10.2 Å². The first-order valence-corrected chi connectivity index (χ1v) is 6.93. The van der Waals surface area contributed by atoms with E-state index in [4.69, 9.17) is 0 Å². The number of carbonyl (C=O) groups excluding carboxylic acids is 2. The van der Waals surface area contributed by atoms with Crippen molar-refractivity contribution in [3.05, 3.63) is 16.6 Å². The number of nitrogens with one attached hydrogen (secondary N) is 1. The van der Waals surface area contributed by atoms with Gasteiger partial charge in [-0.05, 0) is 12.8 Å². The van der Waals surface area contributed by atoms with Crippen LogP contribution in [-0.4, -0.2) is 33.8 Å². The van der Waals surface area contributed by atoms with Crippen molar-refractivity contribution < 1.29 is 9.59 Å². The third-order valence-corrected chi connectivity index (χ3v) is 3.81. The summed E-state index contributed by atoms with van der Waals surface area (Å²) in [6.07, 6.45) is 0. The molecule has 2 atom stereocenters. The predicted octanol–water partition coefficient (Wildman–Crippen LogP) is 1.01. The molecule has 0 aromatic carbocycles. The van der Waals surface area contributed by atoms with E-state index in [1.54, 1.807) is 17.3 Å². The number of aromatic nitrogens is 1. The molecule has 1 aliphatic rings. The van der Waals surface area contributed by atoms with E-state index in [2.05, 4.69) is 10.3 Å². The number of thiazole rings is 1. The number of piperazine rings is 1. The Balaban J connectivity index is 2.19. The van der Waals surface area contributed by atoms with Gasteiger partial charge in [-0.15, -0.1) is 11.3 Å². The van der Waals surface area contributed by atoms with Gasteiger partial charge in [0.1, 0.15) is 12.1 Å². The van der Waals surface area contributed by atoms with E-state index < -0.39 is 12.1 Å². The molecule has 0 radical (unpaired) electrons. The third kappa shape index (κ3) is 2.38. The zero-order valence-corrected chi connectivity index (χ0v) is 11.5. The Kier molecular flexibility index (Phi) is 3.65. The highest BCUT2D eigenvalue weighted by Gasteiger charge is 2.39. The van der Waals surface area contributed by atoms with E-state index in [0.717, 1.165) is 5.69 Å². The van der Waals surface area contributed by atoms with Gasteiger partial charge >= 0.3 is 0 Å².